The maximum absolute atomic E-state index is 10.2. The third kappa shape index (κ3) is 3.83. The molecule has 1 aromatic carbocycles. The van der Waals surface area contributed by atoms with Crippen LogP contribution in [0.4, 0.5) is 0 Å². The Labute approximate surface area is 84.8 Å². The van der Waals surface area contributed by atoms with E-state index in [2.05, 4.69) is 8.37 Å². The Balaban J connectivity index is 2.68. The molecule has 8 heteroatoms. The van der Waals surface area contributed by atoms with E-state index < -0.39 is 22.7 Å². The highest BCUT2D eigenvalue weighted by Crippen LogP contribution is 2.18. The summed E-state index contributed by atoms with van der Waals surface area (Å²) in [7, 11) is 0. The molecule has 0 saturated carbocycles. The Morgan fingerprint density at radius 2 is 1.14 bits per heavy atom. The predicted molar refractivity (Wildman–Crippen MR) is 49.2 cm³/mol. The Bertz CT molecular complexity index is 313. The van der Waals surface area contributed by atoms with Gasteiger partial charge in [0.25, 0.3) is 0 Å². The van der Waals surface area contributed by atoms with Crippen molar-refractivity contribution in [2.24, 2.45) is 0 Å². The molecule has 0 heterocycles. The van der Waals surface area contributed by atoms with Crippen LogP contribution in [0.3, 0.4) is 0 Å². The first-order chi connectivity index (χ1) is 6.58. The number of hydrogen-bond acceptors (Lipinski definition) is 4. The van der Waals surface area contributed by atoms with Crippen molar-refractivity contribution < 1.29 is 25.9 Å². The first-order valence-electron chi connectivity index (χ1n) is 3.26. The molecule has 6 nitrogen and oxygen atoms in total. The van der Waals surface area contributed by atoms with Gasteiger partial charge in [-0.25, -0.2) is 0 Å². The molecule has 0 aliphatic carbocycles. The second-order valence-electron chi connectivity index (χ2n) is 2.07. The van der Waals surface area contributed by atoms with Gasteiger partial charge in [-0.05, 0) is 24.3 Å². The van der Waals surface area contributed by atoms with Gasteiger partial charge in [0.05, 0.1) is 0 Å². The molecule has 2 unspecified atom stereocenters. The summed E-state index contributed by atoms with van der Waals surface area (Å²) >= 11 is -4.77. The molecule has 14 heavy (non-hydrogen) atoms. The molecule has 0 amide bonds. The largest absolute Gasteiger partial charge is 0.380 e. The van der Waals surface area contributed by atoms with Gasteiger partial charge in [0.1, 0.15) is 11.5 Å². The highest BCUT2D eigenvalue weighted by atomic mass is 32.2. The van der Waals surface area contributed by atoms with Crippen LogP contribution in [0.5, 0.6) is 11.5 Å². The normalized spacial score (nSPS) is 14.4. The predicted octanol–water partition coefficient (Wildman–Crippen LogP) is 0.718. The summed E-state index contributed by atoms with van der Waals surface area (Å²) in [6, 6.07) is 5.32. The van der Waals surface area contributed by atoms with E-state index in [9.17, 15) is 8.42 Å². The summed E-state index contributed by atoms with van der Waals surface area (Å²) in [4.78, 5) is 0. The van der Waals surface area contributed by atoms with Gasteiger partial charge in [-0.1, -0.05) is 0 Å². The highest BCUT2D eigenvalue weighted by molar-refractivity contribution is 7.74. The van der Waals surface area contributed by atoms with Gasteiger partial charge in [-0.2, -0.15) is 8.42 Å². The van der Waals surface area contributed by atoms with Gasteiger partial charge >= 0.3 is 22.7 Å². The van der Waals surface area contributed by atoms with Gasteiger partial charge in [0, 0.05) is 0 Å². The number of benzene rings is 1. The summed E-state index contributed by atoms with van der Waals surface area (Å²) in [6.07, 6.45) is 0. The monoisotopic (exact) mass is 238 g/mol. The van der Waals surface area contributed by atoms with Crippen molar-refractivity contribution in [3.05, 3.63) is 24.3 Å². The summed E-state index contributed by atoms with van der Waals surface area (Å²) in [5, 5.41) is 0. The third-order valence-electron chi connectivity index (χ3n) is 1.16. The summed E-state index contributed by atoms with van der Waals surface area (Å²) in [5.74, 6) is 0.309. The van der Waals surface area contributed by atoms with Crippen molar-refractivity contribution in [3.63, 3.8) is 0 Å². The summed E-state index contributed by atoms with van der Waals surface area (Å²) in [5.41, 5.74) is 0. The minimum atomic E-state index is -2.38. The van der Waals surface area contributed by atoms with Crippen LogP contribution >= 0.6 is 0 Å². The van der Waals surface area contributed by atoms with Crippen molar-refractivity contribution in [1.82, 2.24) is 0 Å². The molecule has 0 aliphatic rings. The lowest BCUT2D eigenvalue weighted by atomic mass is 10.3. The Morgan fingerprint density at radius 1 is 0.857 bits per heavy atom. The lowest BCUT2D eigenvalue weighted by Gasteiger charge is -2.01. The molecule has 0 aromatic heterocycles. The van der Waals surface area contributed by atoms with E-state index in [0.29, 0.717) is 0 Å². The van der Waals surface area contributed by atoms with Gasteiger partial charge < -0.3 is 8.37 Å². The fraction of sp³-hybridized carbons (Fsp3) is 0. The highest BCUT2D eigenvalue weighted by Gasteiger charge is 2.01. The van der Waals surface area contributed by atoms with Gasteiger partial charge in [0.15, 0.2) is 0 Å². The molecule has 2 atom stereocenters. The van der Waals surface area contributed by atoms with Crippen LogP contribution in [-0.4, -0.2) is 17.5 Å². The smallest absolute Gasteiger partial charge is 0.357 e. The van der Waals surface area contributed by atoms with Gasteiger partial charge in [-0.15, -0.1) is 0 Å². The van der Waals surface area contributed by atoms with E-state index >= 15 is 0 Å². The average Bonchev–Trinajstić information content (AvgIpc) is 2.06. The van der Waals surface area contributed by atoms with Gasteiger partial charge in [0.2, 0.25) is 0 Å². The van der Waals surface area contributed by atoms with Crippen LogP contribution < -0.4 is 8.37 Å². The zero-order chi connectivity index (χ0) is 10.6. The number of hydrogen-bond donors (Lipinski definition) is 2. The second-order valence-corrected chi connectivity index (χ2v) is 3.27. The molecule has 0 aliphatic heterocycles. The van der Waals surface area contributed by atoms with Gasteiger partial charge in [-0.3, -0.25) is 9.11 Å². The zero-order valence-electron chi connectivity index (χ0n) is 6.65. The van der Waals surface area contributed by atoms with E-state index in [0.717, 1.165) is 0 Å². The third-order valence-corrected chi connectivity index (χ3v) is 1.83. The lowest BCUT2D eigenvalue weighted by Crippen LogP contribution is -1.99. The van der Waals surface area contributed by atoms with E-state index in [1.165, 1.54) is 24.3 Å². The second kappa shape index (κ2) is 5.05. The average molecular weight is 238 g/mol. The van der Waals surface area contributed by atoms with Crippen molar-refractivity contribution >= 4 is 22.7 Å². The molecule has 2 N–H and O–H groups in total. The molecule has 1 rings (SSSR count). The van der Waals surface area contributed by atoms with Crippen LogP contribution in [0, 0.1) is 0 Å². The quantitative estimate of drug-likeness (QED) is 0.751. The van der Waals surface area contributed by atoms with E-state index in [-0.39, 0.29) is 11.5 Å². The minimum Gasteiger partial charge on any atom is -0.380 e. The molecule has 1 aromatic rings. The van der Waals surface area contributed by atoms with E-state index in [1.807, 2.05) is 0 Å². The van der Waals surface area contributed by atoms with Crippen LogP contribution in [0.15, 0.2) is 24.3 Å². The first-order valence-corrected chi connectivity index (χ1v) is 5.33. The molecule has 0 fully saturated rings. The van der Waals surface area contributed by atoms with Crippen LogP contribution in [-0.2, 0) is 22.7 Å². The Hall–Kier alpha value is -0.960. The zero-order valence-corrected chi connectivity index (χ0v) is 8.29. The molecular weight excluding hydrogens is 232 g/mol. The van der Waals surface area contributed by atoms with Crippen molar-refractivity contribution in [2.45, 2.75) is 0 Å². The fourth-order valence-corrected chi connectivity index (χ4v) is 1.27. The first kappa shape index (κ1) is 11.1. The Kier molecular flexibility index (Phi) is 4.01. The topological polar surface area (TPSA) is 93.1 Å². The van der Waals surface area contributed by atoms with Crippen molar-refractivity contribution in [2.75, 3.05) is 0 Å². The van der Waals surface area contributed by atoms with Crippen LogP contribution in [0.1, 0.15) is 0 Å². The van der Waals surface area contributed by atoms with Crippen LogP contribution in [0.25, 0.3) is 0 Å². The molecule has 0 radical (unpaired) electrons. The molecule has 0 spiro atoms. The molecule has 0 saturated heterocycles. The molecule has 78 valence electrons. The van der Waals surface area contributed by atoms with E-state index in [4.69, 9.17) is 9.11 Å². The van der Waals surface area contributed by atoms with Crippen LogP contribution in [0.2, 0.25) is 0 Å². The molecular formula is C6H6O6S2. The summed E-state index contributed by atoms with van der Waals surface area (Å²) < 4.78 is 45.9. The fourth-order valence-electron chi connectivity index (χ4n) is 0.715. The minimum absolute atomic E-state index is 0.155. The summed E-state index contributed by atoms with van der Waals surface area (Å²) in [6.45, 7) is 0. The number of rotatable bonds is 4. The maximum atomic E-state index is 10.2. The maximum Gasteiger partial charge on any atom is 0.357 e. The standard InChI is InChI=1S/C6H6O6S2/c7-13(8)11-5-1-2-6(4-3-5)12-14(9)10/h1-4H,(H,7,8)(H,9,10). The molecule has 0 bridgehead atoms. The van der Waals surface area contributed by atoms with E-state index in [1.54, 1.807) is 0 Å². The Morgan fingerprint density at radius 3 is 1.36 bits per heavy atom. The van der Waals surface area contributed by atoms with Crippen molar-refractivity contribution in [3.8, 4) is 11.5 Å². The van der Waals surface area contributed by atoms with Crippen molar-refractivity contribution in [1.29, 1.82) is 0 Å². The lowest BCUT2D eigenvalue weighted by molar-refractivity contribution is 0.451. The SMILES string of the molecule is O=S(O)Oc1ccc(OS(=O)O)cc1.